The van der Waals surface area contributed by atoms with Crippen molar-refractivity contribution in [2.45, 2.75) is 5.60 Å². The Bertz CT molecular complexity index is 732. The summed E-state index contributed by atoms with van der Waals surface area (Å²) in [6.07, 6.45) is 0. The molecule has 0 radical (unpaired) electrons. The molecule has 0 heterocycles. The second-order valence-corrected chi connectivity index (χ2v) is 6.15. The highest BCUT2D eigenvalue weighted by Crippen LogP contribution is 2.22. The SMILES string of the molecule is Nc1ccc(C(=O)C(O)(COCCOCCO)C(=O)c2ccc(N)cc2)cc1. The number of carbonyl (C=O) groups excluding carboxylic acids is 2. The monoisotopic (exact) mass is 388 g/mol. The van der Waals surface area contributed by atoms with Crippen LogP contribution in [0.1, 0.15) is 20.7 Å². The molecule has 0 aliphatic carbocycles. The first kappa shape index (κ1) is 21.5. The van der Waals surface area contributed by atoms with Crippen molar-refractivity contribution in [1.82, 2.24) is 0 Å². The number of hydrogen-bond acceptors (Lipinski definition) is 8. The zero-order valence-electron chi connectivity index (χ0n) is 15.3. The van der Waals surface area contributed by atoms with Gasteiger partial charge in [-0.15, -0.1) is 0 Å². The Morgan fingerprint density at radius 2 is 1.21 bits per heavy atom. The van der Waals surface area contributed by atoms with Gasteiger partial charge in [-0.05, 0) is 48.5 Å². The molecule has 28 heavy (non-hydrogen) atoms. The average molecular weight is 388 g/mol. The Labute approximate surface area is 162 Å². The summed E-state index contributed by atoms with van der Waals surface area (Å²) in [6.45, 7) is -0.367. The number of aliphatic hydroxyl groups is 2. The minimum Gasteiger partial charge on any atom is -0.399 e. The lowest BCUT2D eigenvalue weighted by Gasteiger charge is -2.25. The summed E-state index contributed by atoms with van der Waals surface area (Å²) in [6, 6.07) is 11.8. The van der Waals surface area contributed by atoms with Crippen molar-refractivity contribution in [3.8, 4) is 0 Å². The Morgan fingerprint density at radius 1 is 0.786 bits per heavy atom. The normalized spacial score (nSPS) is 11.4. The second-order valence-electron chi connectivity index (χ2n) is 6.15. The highest BCUT2D eigenvalue weighted by Gasteiger charge is 2.45. The summed E-state index contributed by atoms with van der Waals surface area (Å²) in [4.78, 5) is 25.9. The summed E-state index contributed by atoms with van der Waals surface area (Å²) in [5.41, 5.74) is 9.98. The van der Waals surface area contributed by atoms with E-state index in [1.54, 1.807) is 0 Å². The van der Waals surface area contributed by atoms with Gasteiger partial charge < -0.3 is 31.2 Å². The zero-order chi connectivity index (χ0) is 20.6. The number of carbonyl (C=O) groups is 2. The van der Waals surface area contributed by atoms with Crippen LogP contribution in [0, 0.1) is 0 Å². The molecule has 0 amide bonds. The van der Waals surface area contributed by atoms with Gasteiger partial charge in [0, 0.05) is 22.5 Å². The molecule has 2 aromatic rings. The quantitative estimate of drug-likeness (QED) is 0.190. The fourth-order valence-corrected chi connectivity index (χ4v) is 2.49. The summed E-state index contributed by atoms with van der Waals surface area (Å²) >= 11 is 0. The maximum Gasteiger partial charge on any atom is 0.214 e. The highest BCUT2D eigenvalue weighted by molar-refractivity contribution is 6.22. The molecule has 150 valence electrons. The van der Waals surface area contributed by atoms with E-state index < -0.39 is 23.8 Å². The second kappa shape index (κ2) is 9.95. The molecule has 0 bridgehead atoms. The molecule has 8 nitrogen and oxygen atoms in total. The molecule has 0 atom stereocenters. The molecule has 0 aromatic heterocycles. The molecular weight excluding hydrogens is 364 g/mol. The third-order valence-electron chi connectivity index (χ3n) is 4.02. The minimum absolute atomic E-state index is 0.0341. The number of nitrogens with two attached hydrogens (primary N) is 2. The van der Waals surface area contributed by atoms with E-state index in [0.717, 1.165) is 0 Å². The van der Waals surface area contributed by atoms with E-state index in [9.17, 15) is 14.7 Å². The lowest BCUT2D eigenvalue weighted by atomic mass is 9.86. The number of benzene rings is 2. The minimum atomic E-state index is -2.43. The topological polar surface area (TPSA) is 145 Å². The molecule has 8 heteroatoms. The van der Waals surface area contributed by atoms with Crippen LogP contribution in [0.5, 0.6) is 0 Å². The van der Waals surface area contributed by atoms with E-state index in [-0.39, 0.29) is 37.6 Å². The third-order valence-corrected chi connectivity index (χ3v) is 4.02. The molecule has 0 saturated carbocycles. The number of Topliss-reactive ketones (excluding diaryl/α,β-unsaturated/α-hetero) is 2. The maximum atomic E-state index is 12.9. The molecule has 2 rings (SSSR count). The van der Waals surface area contributed by atoms with Crippen LogP contribution in [0.4, 0.5) is 11.4 Å². The molecule has 0 spiro atoms. The van der Waals surface area contributed by atoms with Gasteiger partial charge in [0.05, 0.1) is 33.0 Å². The molecule has 0 saturated heterocycles. The van der Waals surface area contributed by atoms with Crippen LogP contribution in [0.25, 0.3) is 0 Å². The van der Waals surface area contributed by atoms with Crippen molar-refractivity contribution in [1.29, 1.82) is 0 Å². The number of nitrogen functional groups attached to an aromatic ring is 2. The van der Waals surface area contributed by atoms with Crippen molar-refractivity contribution in [2.75, 3.05) is 44.5 Å². The molecule has 0 unspecified atom stereocenters. The Hall–Kier alpha value is -2.78. The Kier molecular flexibility index (Phi) is 7.65. The summed E-state index contributed by atoms with van der Waals surface area (Å²) in [5, 5.41) is 19.7. The van der Waals surface area contributed by atoms with E-state index in [1.807, 2.05) is 0 Å². The van der Waals surface area contributed by atoms with Crippen LogP contribution in [0.15, 0.2) is 48.5 Å². The van der Waals surface area contributed by atoms with E-state index in [1.165, 1.54) is 48.5 Å². The molecule has 6 N–H and O–H groups in total. The van der Waals surface area contributed by atoms with Gasteiger partial charge in [0.25, 0.3) is 0 Å². The highest BCUT2D eigenvalue weighted by atomic mass is 16.5. The van der Waals surface area contributed by atoms with E-state index in [0.29, 0.717) is 11.4 Å². The van der Waals surface area contributed by atoms with Crippen LogP contribution in [-0.4, -0.2) is 60.4 Å². The third kappa shape index (κ3) is 5.37. The lowest BCUT2D eigenvalue weighted by molar-refractivity contribution is -0.0310. The van der Waals surface area contributed by atoms with Crippen LogP contribution < -0.4 is 11.5 Å². The summed E-state index contributed by atoms with van der Waals surface area (Å²) in [7, 11) is 0. The van der Waals surface area contributed by atoms with E-state index >= 15 is 0 Å². The first-order valence-corrected chi connectivity index (χ1v) is 8.68. The Balaban J connectivity index is 2.23. The number of hydrogen-bond donors (Lipinski definition) is 4. The van der Waals surface area contributed by atoms with Gasteiger partial charge in [0.1, 0.15) is 0 Å². The van der Waals surface area contributed by atoms with Gasteiger partial charge in [-0.3, -0.25) is 9.59 Å². The number of ketones is 2. The molecule has 2 aromatic carbocycles. The van der Waals surface area contributed by atoms with Crippen molar-refractivity contribution < 1.29 is 29.3 Å². The first-order valence-electron chi connectivity index (χ1n) is 8.68. The van der Waals surface area contributed by atoms with Crippen molar-refractivity contribution >= 4 is 22.9 Å². The van der Waals surface area contributed by atoms with Crippen molar-refractivity contribution in [3.63, 3.8) is 0 Å². The van der Waals surface area contributed by atoms with Crippen LogP contribution in [0.3, 0.4) is 0 Å². The fourth-order valence-electron chi connectivity index (χ4n) is 2.49. The van der Waals surface area contributed by atoms with Gasteiger partial charge in [0.2, 0.25) is 17.2 Å². The van der Waals surface area contributed by atoms with Gasteiger partial charge in [0.15, 0.2) is 0 Å². The van der Waals surface area contributed by atoms with E-state index in [4.69, 9.17) is 26.0 Å². The van der Waals surface area contributed by atoms with Gasteiger partial charge in [-0.2, -0.15) is 0 Å². The predicted octanol–water partition coefficient (Wildman–Crippen LogP) is 0.673. The van der Waals surface area contributed by atoms with Crippen molar-refractivity contribution in [2.24, 2.45) is 0 Å². The van der Waals surface area contributed by atoms with E-state index in [2.05, 4.69) is 0 Å². The van der Waals surface area contributed by atoms with Crippen LogP contribution >= 0.6 is 0 Å². The first-order chi connectivity index (χ1) is 13.4. The number of ether oxygens (including phenoxy) is 2. The van der Waals surface area contributed by atoms with Crippen LogP contribution in [-0.2, 0) is 9.47 Å². The predicted molar refractivity (Wildman–Crippen MR) is 104 cm³/mol. The largest absolute Gasteiger partial charge is 0.399 e. The van der Waals surface area contributed by atoms with Crippen molar-refractivity contribution in [3.05, 3.63) is 59.7 Å². The molecule has 0 aliphatic rings. The summed E-state index contributed by atoms with van der Waals surface area (Å²) in [5.74, 6) is -1.60. The molecule has 0 aliphatic heterocycles. The average Bonchev–Trinajstić information content (AvgIpc) is 2.70. The number of rotatable bonds is 11. The van der Waals surface area contributed by atoms with Gasteiger partial charge in [-0.25, -0.2) is 0 Å². The fraction of sp³-hybridized carbons (Fsp3) is 0.300. The van der Waals surface area contributed by atoms with Gasteiger partial charge >= 0.3 is 0 Å². The summed E-state index contributed by atoms with van der Waals surface area (Å²) < 4.78 is 10.4. The molecular formula is C20H24N2O6. The molecule has 0 fully saturated rings. The van der Waals surface area contributed by atoms with Crippen LogP contribution in [0.2, 0.25) is 0 Å². The Morgan fingerprint density at radius 3 is 1.64 bits per heavy atom. The zero-order valence-corrected chi connectivity index (χ0v) is 15.3. The standard InChI is InChI=1S/C20H24N2O6/c21-16-5-1-14(2-6-16)18(24)20(26,13-28-12-11-27-10-9-23)19(25)15-3-7-17(22)8-4-15/h1-8,23,26H,9-13,21-22H2. The van der Waals surface area contributed by atoms with Gasteiger partial charge in [-0.1, -0.05) is 0 Å². The lowest BCUT2D eigenvalue weighted by Crippen LogP contribution is -2.51. The number of anilines is 2. The maximum absolute atomic E-state index is 12.9. The smallest absolute Gasteiger partial charge is 0.214 e. The number of aliphatic hydroxyl groups excluding tert-OH is 1.